The summed E-state index contributed by atoms with van der Waals surface area (Å²) < 4.78 is 0. The molecule has 0 saturated heterocycles. The third-order valence-corrected chi connectivity index (χ3v) is 2.10. The van der Waals surface area contributed by atoms with Gasteiger partial charge in [0, 0.05) is 13.1 Å². The zero-order valence-corrected chi connectivity index (χ0v) is 8.70. The van der Waals surface area contributed by atoms with Gasteiger partial charge >= 0.3 is 0 Å². The molecule has 0 atom stereocenters. The van der Waals surface area contributed by atoms with E-state index in [2.05, 4.69) is 23.7 Å². The predicted molar refractivity (Wildman–Crippen MR) is 57.1 cm³/mol. The van der Waals surface area contributed by atoms with E-state index in [1.54, 1.807) is 12.3 Å². The van der Waals surface area contributed by atoms with Gasteiger partial charge in [0.05, 0.1) is 11.9 Å². The Bertz CT molecular complexity index is 310. The van der Waals surface area contributed by atoms with E-state index in [-0.39, 0.29) is 0 Å². The Hall–Kier alpha value is -1.56. The van der Waals surface area contributed by atoms with Crippen LogP contribution in [0.5, 0.6) is 0 Å². The van der Waals surface area contributed by atoms with Crippen LogP contribution in [0.2, 0.25) is 0 Å². The molecule has 14 heavy (non-hydrogen) atoms. The third kappa shape index (κ3) is 2.46. The van der Waals surface area contributed by atoms with Crippen LogP contribution in [0.15, 0.2) is 18.3 Å². The number of nitriles is 1. The Morgan fingerprint density at radius 1 is 1.43 bits per heavy atom. The molecule has 0 fully saturated rings. The molecule has 3 nitrogen and oxygen atoms in total. The molecule has 0 aliphatic heterocycles. The van der Waals surface area contributed by atoms with Crippen molar-refractivity contribution in [2.45, 2.75) is 20.3 Å². The standard InChI is InChI=1S/C11H15N3/c1-3-7-14(4-2)11-6-5-10(8-12)13-9-11/h5-6,9H,3-4,7H2,1-2H3. The van der Waals surface area contributed by atoms with Crippen molar-refractivity contribution in [2.24, 2.45) is 0 Å². The summed E-state index contributed by atoms with van der Waals surface area (Å²) in [6.45, 7) is 6.28. The second-order valence-electron chi connectivity index (χ2n) is 3.09. The zero-order valence-electron chi connectivity index (χ0n) is 8.70. The molecule has 0 unspecified atom stereocenters. The summed E-state index contributed by atoms with van der Waals surface area (Å²) in [7, 11) is 0. The first-order valence-electron chi connectivity index (χ1n) is 4.93. The first-order chi connectivity index (χ1) is 6.81. The Morgan fingerprint density at radius 2 is 2.21 bits per heavy atom. The maximum absolute atomic E-state index is 8.60. The molecular weight excluding hydrogens is 174 g/mol. The maximum atomic E-state index is 8.60. The molecule has 1 heterocycles. The van der Waals surface area contributed by atoms with Crippen molar-refractivity contribution in [3.63, 3.8) is 0 Å². The molecule has 74 valence electrons. The molecule has 0 amide bonds. The summed E-state index contributed by atoms with van der Waals surface area (Å²) in [4.78, 5) is 6.29. The van der Waals surface area contributed by atoms with Gasteiger partial charge in [-0.05, 0) is 25.5 Å². The van der Waals surface area contributed by atoms with Crippen molar-refractivity contribution in [3.05, 3.63) is 24.0 Å². The summed E-state index contributed by atoms with van der Waals surface area (Å²) in [6, 6.07) is 5.72. The van der Waals surface area contributed by atoms with E-state index in [1.165, 1.54) is 0 Å². The van der Waals surface area contributed by atoms with Gasteiger partial charge in [-0.15, -0.1) is 0 Å². The van der Waals surface area contributed by atoms with Gasteiger partial charge < -0.3 is 4.90 Å². The lowest BCUT2D eigenvalue weighted by molar-refractivity contribution is 0.789. The Balaban J connectivity index is 2.79. The van der Waals surface area contributed by atoms with Gasteiger partial charge in [0.2, 0.25) is 0 Å². The molecular formula is C11H15N3. The number of hydrogen-bond acceptors (Lipinski definition) is 3. The van der Waals surface area contributed by atoms with E-state index in [9.17, 15) is 0 Å². The van der Waals surface area contributed by atoms with Crippen molar-refractivity contribution in [3.8, 4) is 6.07 Å². The van der Waals surface area contributed by atoms with Crippen LogP contribution in [0.1, 0.15) is 26.0 Å². The average Bonchev–Trinajstić information content (AvgIpc) is 2.26. The van der Waals surface area contributed by atoms with E-state index in [0.29, 0.717) is 5.69 Å². The van der Waals surface area contributed by atoms with Gasteiger partial charge in [0.15, 0.2) is 0 Å². The number of pyridine rings is 1. The molecule has 0 saturated carbocycles. The van der Waals surface area contributed by atoms with Gasteiger partial charge in [-0.3, -0.25) is 0 Å². The normalized spacial score (nSPS) is 9.50. The predicted octanol–water partition coefficient (Wildman–Crippen LogP) is 2.19. The molecule has 1 aromatic heterocycles. The van der Waals surface area contributed by atoms with E-state index in [0.717, 1.165) is 25.2 Å². The van der Waals surface area contributed by atoms with E-state index < -0.39 is 0 Å². The highest BCUT2D eigenvalue weighted by molar-refractivity contribution is 5.45. The van der Waals surface area contributed by atoms with Gasteiger partial charge in [-0.1, -0.05) is 6.92 Å². The Kier molecular flexibility index (Phi) is 3.93. The molecule has 0 radical (unpaired) electrons. The highest BCUT2D eigenvalue weighted by Crippen LogP contribution is 2.12. The van der Waals surface area contributed by atoms with Crippen LogP contribution in [0.4, 0.5) is 5.69 Å². The molecule has 0 aliphatic carbocycles. The lowest BCUT2D eigenvalue weighted by atomic mass is 10.3. The topological polar surface area (TPSA) is 39.9 Å². The van der Waals surface area contributed by atoms with Crippen molar-refractivity contribution in [1.29, 1.82) is 5.26 Å². The largest absolute Gasteiger partial charge is 0.371 e. The average molecular weight is 189 g/mol. The second-order valence-corrected chi connectivity index (χ2v) is 3.09. The highest BCUT2D eigenvalue weighted by atomic mass is 15.1. The van der Waals surface area contributed by atoms with Crippen LogP contribution in [0.3, 0.4) is 0 Å². The molecule has 0 aromatic carbocycles. The fraction of sp³-hybridized carbons (Fsp3) is 0.455. The van der Waals surface area contributed by atoms with Crippen LogP contribution in [-0.2, 0) is 0 Å². The quantitative estimate of drug-likeness (QED) is 0.729. The molecule has 0 bridgehead atoms. The minimum atomic E-state index is 0.473. The van der Waals surface area contributed by atoms with Gasteiger partial charge in [-0.2, -0.15) is 5.26 Å². The SMILES string of the molecule is CCCN(CC)c1ccc(C#N)nc1. The molecule has 1 aromatic rings. The molecule has 0 N–H and O–H groups in total. The van der Waals surface area contributed by atoms with Gasteiger partial charge in [-0.25, -0.2) is 4.98 Å². The van der Waals surface area contributed by atoms with E-state index in [1.807, 2.05) is 12.1 Å². The van der Waals surface area contributed by atoms with Crippen LogP contribution in [0.25, 0.3) is 0 Å². The lowest BCUT2D eigenvalue weighted by Gasteiger charge is -2.21. The van der Waals surface area contributed by atoms with E-state index in [4.69, 9.17) is 5.26 Å². The lowest BCUT2D eigenvalue weighted by Crippen LogP contribution is -2.23. The van der Waals surface area contributed by atoms with Crippen LogP contribution in [0, 0.1) is 11.3 Å². The summed E-state index contributed by atoms with van der Waals surface area (Å²) in [5.41, 5.74) is 1.56. The van der Waals surface area contributed by atoms with Crippen molar-refractivity contribution < 1.29 is 0 Å². The molecule has 1 rings (SSSR count). The summed E-state index contributed by atoms with van der Waals surface area (Å²) in [6.07, 6.45) is 2.88. The van der Waals surface area contributed by atoms with E-state index >= 15 is 0 Å². The van der Waals surface area contributed by atoms with Crippen LogP contribution in [-0.4, -0.2) is 18.1 Å². The van der Waals surface area contributed by atoms with Crippen molar-refractivity contribution in [1.82, 2.24) is 4.98 Å². The van der Waals surface area contributed by atoms with Crippen molar-refractivity contribution >= 4 is 5.69 Å². The smallest absolute Gasteiger partial charge is 0.140 e. The minimum absolute atomic E-state index is 0.473. The Labute approximate surface area is 85.0 Å². The Morgan fingerprint density at radius 3 is 2.64 bits per heavy atom. The summed E-state index contributed by atoms with van der Waals surface area (Å²) in [5, 5.41) is 8.60. The maximum Gasteiger partial charge on any atom is 0.140 e. The number of aromatic nitrogens is 1. The zero-order chi connectivity index (χ0) is 10.4. The highest BCUT2D eigenvalue weighted by Gasteiger charge is 2.02. The van der Waals surface area contributed by atoms with Crippen LogP contribution < -0.4 is 4.90 Å². The van der Waals surface area contributed by atoms with Gasteiger partial charge in [0.25, 0.3) is 0 Å². The molecule has 0 aliphatic rings. The van der Waals surface area contributed by atoms with Crippen LogP contribution >= 0.6 is 0 Å². The third-order valence-electron chi connectivity index (χ3n) is 2.10. The monoisotopic (exact) mass is 189 g/mol. The molecule has 3 heteroatoms. The number of rotatable bonds is 4. The minimum Gasteiger partial charge on any atom is -0.371 e. The fourth-order valence-electron chi connectivity index (χ4n) is 1.38. The second kappa shape index (κ2) is 5.23. The fourth-order valence-corrected chi connectivity index (χ4v) is 1.38. The number of nitrogens with zero attached hydrogens (tertiary/aromatic N) is 3. The number of anilines is 1. The number of hydrogen-bond donors (Lipinski definition) is 0. The summed E-state index contributed by atoms with van der Waals surface area (Å²) >= 11 is 0. The van der Waals surface area contributed by atoms with Crippen molar-refractivity contribution in [2.75, 3.05) is 18.0 Å². The summed E-state index contributed by atoms with van der Waals surface area (Å²) in [5.74, 6) is 0. The first kappa shape index (κ1) is 10.5. The first-order valence-corrected chi connectivity index (χ1v) is 4.93. The van der Waals surface area contributed by atoms with Gasteiger partial charge in [0.1, 0.15) is 11.8 Å². The molecule has 0 spiro atoms.